The topological polar surface area (TPSA) is 81.1 Å². The second-order valence-electron chi connectivity index (χ2n) is 6.64. The summed E-state index contributed by atoms with van der Waals surface area (Å²) >= 11 is 0. The number of aromatic nitrogens is 3. The van der Waals surface area contributed by atoms with Crippen LogP contribution in [-0.4, -0.2) is 39.8 Å². The van der Waals surface area contributed by atoms with Gasteiger partial charge >= 0.3 is 6.03 Å². The van der Waals surface area contributed by atoms with Gasteiger partial charge in [0, 0.05) is 25.2 Å². The van der Waals surface area contributed by atoms with Crippen LogP contribution in [0.5, 0.6) is 0 Å². The summed E-state index contributed by atoms with van der Waals surface area (Å²) in [5.41, 5.74) is 1.06. The largest absolute Gasteiger partial charge is 0.374 e. The van der Waals surface area contributed by atoms with E-state index >= 15 is 0 Å². The highest BCUT2D eigenvalue weighted by atomic mass is 16.5. The standard InChI is InChI=1S/C14H21N5O2/c1-19-7-11(17-18-19)6-15-12(20)16-9-13-5-10(13)8-21-14(13)3-2-4-14/h7,10H,2-6,8-9H2,1H3,(H2,15,16,20)/t10-,13+/m0/s1. The summed E-state index contributed by atoms with van der Waals surface area (Å²) in [5.74, 6) is 0.651. The van der Waals surface area contributed by atoms with E-state index in [1.54, 1.807) is 17.9 Å². The molecule has 0 bridgehead atoms. The van der Waals surface area contributed by atoms with Crippen molar-refractivity contribution in [3.05, 3.63) is 11.9 Å². The number of ether oxygens (including phenoxy) is 1. The van der Waals surface area contributed by atoms with Gasteiger partial charge in [0.1, 0.15) is 5.69 Å². The van der Waals surface area contributed by atoms with Crippen LogP contribution in [0.1, 0.15) is 31.4 Å². The summed E-state index contributed by atoms with van der Waals surface area (Å²) in [4.78, 5) is 11.9. The Morgan fingerprint density at radius 3 is 3.00 bits per heavy atom. The molecule has 0 radical (unpaired) electrons. The van der Waals surface area contributed by atoms with Crippen LogP contribution in [0.4, 0.5) is 4.79 Å². The van der Waals surface area contributed by atoms with Gasteiger partial charge in [0.2, 0.25) is 0 Å². The van der Waals surface area contributed by atoms with Gasteiger partial charge in [0.15, 0.2) is 0 Å². The molecule has 7 nitrogen and oxygen atoms in total. The molecule has 1 spiro atoms. The molecule has 1 aromatic heterocycles. The third-order valence-corrected chi connectivity index (χ3v) is 5.51. The Hall–Kier alpha value is -1.63. The van der Waals surface area contributed by atoms with Crippen molar-refractivity contribution in [2.45, 2.75) is 37.8 Å². The Labute approximate surface area is 123 Å². The van der Waals surface area contributed by atoms with Crippen LogP contribution in [0.2, 0.25) is 0 Å². The second kappa shape index (κ2) is 4.43. The van der Waals surface area contributed by atoms with E-state index < -0.39 is 0 Å². The van der Waals surface area contributed by atoms with Gasteiger partial charge in [0.25, 0.3) is 0 Å². The Morgan fingerprint density at radius 2 is 2.38 bits per heavy atom. The van der Waals surface area contributed by atoms with E-state index in [2.05, 4.69) is 20.9 Å². The fourth-order valence-corrected chi connectivity index (χ4v) is 4.03. The molecule has 7 heteroatoms. The fraction of sp³-hybridized carbons (Fsp3) is 0.786. The number of urea groups is 1. The predicted molar refractivity (Wildman–Crippen MR) is 74.3 cm³/mol. The number of rotatable bonds is 4. The van der Waals surface area contributed by atoms with Crippen molar-refractivity contribution in [1.82, 2.24) is 25.6 Å². The number of amides is 2. The number of carbonyl (C=O) groups excluding carboxylic acids is 1. The summed E-state index contributed by atoms with van der Waals surface area (Å²) in [5, 5.41) is 13.6. The third-order valence-electron chi connectivity index (χ3n) is 5.51. The van der Waals surface area contributed by atoms with Gasteiger partial charge in [-0.25, -0.2) is 4.79 Å². The zero-order chi connectivity index (χ0) is 14.5. The minimum atomic E-state index is -0.137. The van der Waals surface area contributed by atoms with Crippen molar-refractivity contribution in [3.63, 3.8) is 0 Å². The van der Waals surface area contributed by atoms with Crippen molar-refractivity contribution >= 4 is 6.03 Å². The van der Waals surface area contributed by atoms with E-state index in [-0.39, 0.29) is 17.0 Å². The highest BCUT2D eigenvalue weighted by molar-refractivity contribution is 5.73. The zero-order valence-electron chi connectivity index (χ0n) is 12.3. The number of carbonyl (C=O) groups is 1. The number of hydrogen-bond donors (Lipinski definition) is 2. The molecule has 114 valence electrons. The molecular weight excluding hydrogens is 270 g/mol. The van der Waals surface area contributed by atoms with Crippen molar-refractivity contribution < 1.29 is 9.53 Å². The maximum absolute atomic E-state index is 11.9. The molecule has 2 atom stereocenters. The van der Waals surface area contributed by atoms with Crippen molar-refractivity contribution in [1.29, 1.82) is 0 Å². The molecule has 2 aliphatic carbocycles. The Kier molecular flexibility index (Phi) is 2.76. The van der Waals surface area contributed by atoms with E-state index in [1.807, 2.05) is 0 Å². The van der Waals surface area contributed by atoms with Gasteiger partial charge in [-0.3, -0.25) is 4.68 Å². The fourth-order valence-electron chi connectivity index (χ4n) is 4.03. The number of fused-ring (bicyclic) bond motifs is 2. The van der Waals surface area contributed by atoms with Crippen LogP contribution in [-0.2, 0) is 18.3 Å². The molecule has 2 saturated carbocycles. The molecule has 3 fully saturated rings. The first-order valence-corrected chi connectivity index (χ1v) is 7.64. The van der Waals surface area contributed by atoms with E-state index in [9.17, 15) is 4.79 Å². The van der Waals surface area contributed by atoms with Crippen LogP contribution in [0.15, 0.2) is 6.20 Å². The van der Waals surface area contributed by atoms with Crippen molar-refractivity contribution in [2.75, 3.05) is 13.2 Å². The molecule has 3 aliphatic rings. The minimum Gasteiger partial charge on any atom is -0.374 e. The van der Waals surface area contributed by atoms with E-state index in [4.69, 9.17) is 4.74 Å². The molecule has 1 aliphatic heterocycles. The molecule has 2 heterocycles. The molecule has 2 amide bonds. The van der Waals surface area contributed by atoms with Gasteiger partial charge in [-0.15, -0.1) is 5.10 Å². The lowest BCUT2D eigenvalue weighted by atomic mass is 9.68. The number of nitrogens with zero attached hydrogens (tertiary/aromatic N) is 3. The molecule has 1 saturated heterocycles. The Morgan fingerprint density at radius 1 is 1.52 bits per heavy atom. The molecule has 0 aromatic carbocycles. The van der Waals surface area contributed by atoms with Gasteiger partial charge < -0.3 is 15.4 Å². The van der Waals surface area contributed by atoms with Crippen LogP contribution in [0, 0.1) is 11.3 Å². The molecule has 21 heavy (non-hydrogen) atoms. The summed E-state index contributed by atoms with van der Waals surface area (Å²) < 4.78 is 7.64. The van der Waals surface area contributed by atoms with E-state index in [0.29, 0.717) is 12.5 Å². The Bertz CT molecular complexity index is 567. The quantitative estimate of drug-likeness (QED) is 0.850. The average molecular weight is 291 g/mol. The lowest BCUT2D eigenvalue weighted by Gasteiger charge is -2.45. The number of hydrogen-bond acceptors (Lipinski definition) is 4. The first-order chi connectivity index (χ1) is 10.1. The summed E-state index contributed by atoms with van der Waals surface area (Å²) in [7, 11) is 1.81. The van der Waals surface area contributed by atoms with Gasteiger partial charge in [-0.05, 0) is 31.6 Å². The lowest BCUT2D eigenvalue weighted by molar-refractivity contribution is -0.109. The van der Waals surface area contributed by atoms with Crippen LogP contribution in [0.3, 0.4) is 0 Å². The average Bonchev–Trinajstić information content (AvgIpc) is 2.82. The van der Waals surface area contributed by atoms with Gasteiger partial charge in [0.05, 0.1) is 18.8 Å². The molecule has 1 aromatic rings. The zero-order valence-corrected chi connectivity index (χ0v) is 12.3. The second-order valence-corrected chi connectivity index (χ2v) is 6.64. The Balaban J connectivity index is 1.28. The van der Waals surface area contributed by atoms with Gasteiger partial charge in [-0.1, -0.05) is 5.21 Å². The van der Waals surface area contributed by atoms with Crippen LogP contribution >= 0.6 is 0 Å². The van der Waals surface area contributed by atoms with E-state index in [0.717, 1.165) is 31.7 Å². The maximum atomic E-state index is 11.9. The first-order valence-electron chi connectivity index (χ1n) is 7.64. The van der Waals surface area contributed by atoms with Crippen molar-refractivity contribution in [3.8, 4) is 0 Å². The summed E-state index contributed by atoms with van der Waals surface area (Å²) in [6.07, 6.45) is 6.58. The van der Waals surface area contributed by atoms with Crippen LogP contribution in [0.25, 0.3) is 0 Å². The first kappa shape index (κ1) is 13.1. The maximum Gasteiger partial charge on any atom is 0.315 e. The normalized spacial score (nSPS) is 31.6. The SMILES string of the molecule is Cn1cc(CNC(=O)NC[C@]23C[C@H]2COC32CCC2)nn1. The highest BCUT2D eigenvalue weighted by Crippen LogP contribution is 2.70. The smallest absolute Gasteiger partial charge is 0.315 e. The number of aryl methyl sites for hydroxylation is 1. The highest BCUT2D eigenvalue weighted by Gasteiger charge is 2.73. The minimum absolute atomic E-state index is 0.0792. The lowest BCUT2D eigenvalue weighted by Crippen LogP contribution is -2.51. The summed E-state index contributed by atoms with van der Waals surface area (Å²) in [6, 6.07) is -0.137. The number of nitrogens with one attached hydrogen (secondary N) is 2. The molecule has 0 unspecified atom stereocenters. The van der Waals surface area contributed by atoms with Crippen molar-refractivity contribution in [2.24, 2.45) is 18.4 Å². The summed E-state index contributed by atoms with van der Waals surface area (Å²) in [6.45, 7) is 2.00. The molecule has 4 rings (SSSR count). The monoisotopic (exact) mass is 291 g/mol. The molecular formula is C14H21N5O2. The third kappa shape index (κ3) is 1.94. The van der Waals surface area contributed by atoms with Crippen LogP contribution < -0.4 is 10.6 Å². The van der Waals surface area contributed by atoms with E-state index in [1.165, 1.54) is 12.8 Å². The predicted octanol–water partition coefficient (Wildman–Crippen LogP) is 0.573. The van der Waals surface area contributed by atoms with Gasteiger partial charge in [-0.2, -0.15) is 0 Å². The molecule has 2 N–H and O–H groups in total.